The van der Waals surface area contributed by atoms with Gasteiger partial charge in [0, 0.05) is 0 Å². The monoisotopic (exact) mass is 173 g/mol. The molecule has 1 N–H and O–H groups in total. The van der Waals surface area contributed by atoms with E-state index in [2.05, 4.69) is 26.0 Å². The molecule has 0 aliphatic rings. The van der Waals surface area contributed by atoms with Gasteiger partial charge in [-0.2, -0.15) is 0 Å². The molecule has 0 bridgehead atoms. The summed E-state index contributed by atoms with van der Waals surface area (Å²) in [7, 11) is 0. The smallest absolute Gasteiger partial charge is 0.152 e. The third-order valence-corrected chi connectivity index (χ3v) is 1.38. The molecule has 0 fully saturated rings. The molecule has 0 aromatic heterocycles. The first-order valence-electron chi connectivity index (χ1n) is 4.45. The Bertz CT molecular complexity index is 103. The van der Waals surface area contributed by atoms with Gasteiger partial charge in [0.05, 0.1) is 0 Å². The Labute approximate surface area is 74.4 Å². The fourth-order valence-corrected chi connectivity index (χ4v) is 0.797. The van der Waals surface area contributed by atoms with E-state index >= 15 is 0 Å². The third-order valence-electron chi connectivity index (χ3n) is 1.38. The minimum atomic E-state index is 1.19. The second kappa shape index (κ2) is 16.6. The van der Waals surface area contributed by atoms with Crippen molar-refractivity contribution >= 4 is 0 Å². The first-order chi connectivity index (χ1) is 5.83. The first kappa shape index (κ1) is 13.7. The maximum absolute atomic E-state index is 8.11. The van der Waals surface area contributed by atoms with Gasteiger partial charge in [-0.25, -0.2) is 0 Å². The molecule has 0 amide bonds. The van der Waals surface area contributed by atoms with Crippen molar-refractivity contribution in [2.24, 2.45) is 5.34 Å². The second-order valence-corrected chi connectivity index (χ2v) is 2.46. The maximum atomic E-state index is 8.11. The van der Waals surface area contributed by atoms with Crippen molar-refractivity contribution in [1.82, 2.24) is 0 Å². The zero-order chi connectivity index (χ0) is 9.66. The van der Waals surface area contributed by atoms with Gasteiger partial charge in [-0.05, 0) is 19.3 Å². The van der Waals surface area contributed by atoms with Crippen molar-refractivity contribution in [3.05, 3.63) is 17.1 Å². The third kappa shape index (κ3) is 22.9. The van der Waals surface area contributed by atoms with Gasteiger partial charge >= 0.3 is 0 Å². The van der Waals surface area contributed by atoms with Crippen LogP contribution in [-0.2, 0) is 0 Å². The average Bonchev–Trinajstić information content (AvgIpc) is 2.06. The molecule has 0 unspecified atom stereocenters. The molecular weight excluding hydrogens is 154 g/mol. The van der Waals surface area contributed by atoms with Gasteiger partial charge in [0.1, 0.15) is 0 Å². The number of allylic oxidation sites excluding steroid dienone is 2. The van der Waals surface area contributed by atoms with E-state index in [1.807, 2.05) is 0 Å². The topological polar surface area (TPSA) is 49.7 Å². The number of unbranched alkanes of at least 4 members (excludes halogenated alkanes) is 3. The highest BCUT2D eigenvalue weighted by Gasteiger charge is 1.79. The number of rotatable bonds is 5. The lowest BCUT2D eigenvalue weighted by molar-refractivity contribution is 0.312. The normalized spacial score (nSPS) is 9.17. The summed E-state index contributed by atoms with van der Waals surface area (Å²) in [4.78, 5) is 8.11. The summed E-state index contributed by atoms with van der Waals surface area (Å²) in [5.74, 6) is 0. The fourth-order valence-electron chi connectivity index (χ4n) is 0.797. The Balaban J connectivity index is 0. The molecule has 0 heterocycles. The predicted octanol–water partition coefficient (Wildman–Crippen LogP) is 3.67. The van der Waals surface area contributed by atoms with Crippen LogP contribution in [0.5, 0.6) is 0 Å². The molecular formula is C9H19NO2. The van der Waals surface area contributed by atoms with Gasteiger partial charge in [-0.3, -0.25) is 0 Å². The summed E-state index contributed by atoms with van der Waals surface area (Å²) in [6.07, 6.45) is 11.1. The summed E-state index contributed by atoms with van der Waals surface area (Å²) in [5.41, 5.74) is 0. The lowest BCUT2D eigenvalue weighted by Crippen LogP contribution is -1.69. The van der Waals surface area contributed by atoms with Crippen molar-refractivity contribution in [1.29, 1.82) is 0 Å². The van der Waals surface area contributed by atoms with Gasteiger partial charge in [0.25, 0.3) is 0 Å². The Morgan fingerprint density at radius 3 is 2.25 bits per heavy atom. The van der Waals surface area contributed by atoms with E-state index in [0.29, 0.717) is 0 Å². The zero-order valence-corrected chi connectivity index (χ0v) is 7.99. The first-order valence-corrected chi connectivity index (χ1v) is 4.45. The molecule has 72 valence electrons. The lowest BCUT2D eigenvalue weighted by atomic mass is 10.2. The van der Waals surface area contributed by atoms with Gasteiger partial charge in [0.2, 0.25) is 0 Å². The van der Waals surface area contributed by atoms with Crippen LogP contribution in [0.25, 0.3) is 0 Å². The Morgan fingerprint density at radius 1 is 1.25 bits per heavy atom. The molecule has 0 saturated carbocycles. The van der Waals surface area contributed by atoms with Gasteiger partial charge in [-0.15, -0.1) is 4.91 Å². The van der Waals surface area contributed by atoms with Crippen LogP contribution in [0.15, 0.2) is 17.5 Å². The Hall–Kier alpha value is -0.860. The molecule has 0 aromatic carbocycles. The Kier molecular flexibility index (Phi) is 19.0. The summed E-state index contributed by atoms with van der Waals surface area (Å²) >= 11 is 0. The van der Waals surface area contributed by atoms with E-state index < -0.39 is 0 Å². The molecule has 12 heavy (non-hydrogen) atoms. The van der Waals surface area contributed by atoms with Crippen molar-refractivity contribution in [2.75, 3.05) is 0 Å². The number of hydrogen-bond donors (Lipinski definition) is 1. The minimum Gasteiger partial charge on any atom is -0.379 e. The molecule has 0 atom stereocenters. The Morgan fingerprint density at radius 2 is 1.83 bits per heavy atom. The maximum Gasteiger partial charge on any atom is 0.152 e. The largest absolute Gasteiger partial charge is 0.379 e. The molecule has 3 nitrogen and oxygen atoms in total. The summed E-state index contributed by atoms with van der Waals surface area (Å²) in [6.45, 7) is 4.42. The predicted molar refractivity (Wildman–Crippen MR) is 51.2 cm³/mol. The van der Waals surface area contributed by atoms with Gasteiger partial charge in [0.15, 0.2) is 5.34 Å². The minimum absolute atomic E-state index is 1.19. The molecule has 3 heteroatoms. The average molecular weight is 173 g/mol. The van der Waals surface area contributed by atoms with Crippen LogP contribution in [-0.4, -0.2) is 5.21 Å². The lowest BCUT2D eigenvalue weighted by Gasteiger charge is -1.89. The summed E-state index contributed by atoms with van der Waals surface area (Å²) in [5, 5.41) is 7.89. The van der Waals surface area contributed by atoms with Crippen LogP contribution in [0.4, 0.5) is 0 Å². The van der Waals surface area contributed by atoms with Crippen LogP contribution in [0, 0.1) is 4.91 Å². The SMILES string of the molecule is CCC=CCCCCC.O=NO. The molecule has 0 spiro atoms. The summed E-state index contributed by atoms with van der Waals surface area (Å²) < 4.78 is 0. The molecule has 0 saturated heterocycles. The summed E-state index contributed by atoms with van der Waals surface area (Å²) in [6, 6.07) is 0. The highest BCUT2D eigenvalue weighted by atomic mass is 16.6. The van der Waals surface area contributed by atoms with Gasteiger partial charge < -0.3 is 5.21 Å². The second-order valence-electron chi connectivity index (χ2n) is 2.46. The zero-order valence-electron chi connectivity index (χ0n) is 7.99. The molecule has 0 aliphatic carbocycles. The van der Waals surface area contributed by atoms with Crippen molar-refractivity contribution in [3.63, 3.8) is 0 Å². The molecule has 0 radical (unpaired) electrons. The standard InChI is InChI=1S/C9H18.HNO2/c1-3-5-7-9-8-6-4-2;2-1-3/h5,7H,3-4,6,8-9H2,1-2H3;(H,2,3). The van der Waals surface area contributed by atoms with Crippen LogP contribution in [0.2, 0.25) is 0 Å². The molecule has 0 aliphatic heterocycles. The van der Waals surface area contributed by atoms with Crippen LogP contribution < -0.4 is 0 Å². The van der Waals surface area contributed by atoms with Crippen molar-refractivity contribution in [3.8, 4) is 0 Å². The van der Waals surface area contributed by atoms with Crippen LogP contribution in [0.3, 0.4) is 0 Å². The van der Waals surface area contributed by atoms with E-state index in [1.54, 1.807) is 0 Å². The molecule has 0 rings (SSSR count). The number of nitrogens with zero attached hydrogens (tertiary/aromatic N) is 1. The van der Waals surface area contributed by atoms with E-state index in [4.69, 9.17) is 10.1 Å². The van der Waals surface area contributed by atoms with E-state index in [-0.39, 0.29) is 0 Å². The quantitative estimate of drug-likeness (QED) is 0.298. The van der Waals surface area contributed by atoms with Gasteiger partial charge in [-0.1, -0.05) is 38.8 Å². The highest BCUT2D eigenvalue weighted by Crippen LogP contribution is 1.99. The molecule has 0 aromatic rings. The van der Waals surface area contributed by atoms with Crippen molar-refractivity contribution < 1.29 is 5.21 Å². The van der Waals surface area contributed by atoms with E-state index in [0.717, 1.165) is 0 Å². The fraction of sp³-hybridized carbons (Fsp3) is 0.778. The van der Waals surface area contributed by atoms with E-state index in [9.17, 15) is 0 Å². The van der Waals surface area contributed by atoms with E-state index in [1.165, 1.54) is 37.4 Å². The highest BCUT2D eigenvalue weighted by molar-refractivity contribution is 4.79. The van der Waals surface area contributed by atoms with Crippen LogP contribution in [0.1, 0.15) is 46.0 Å². The van der Waals surface area contributed by atoms with Crippen molar-refractivity contribution in [2.45, 2.75) is 46.0 Å². The van der Waals surface area contributed by atoms with Crippen LogP contribution >= 0.6 is 0 Å². The number of hydrogen-bond acceptors (Lipinski definition) is 2.